The number of hydrogen-bond acceptors (Lipinski definition) is 5. The van der Waals surface area contributed by atoms with Crippen molar-refractivity contribution in [3.8, 4) is 0 Å². The minimum Gasteiger partial charge on any atom is -0.381 e. The quantitative estimate of drug-likeness (QED) is 0.341. The average molecular weight is 517 g/mol. The SMILES string of the molecule is [B][C@@H]1O[C@H](C(C)(C)C)[C@H](OP(O)(=S)OC[C@H]2O[C@@H](C)C(C(C)(C)C)[C@H]2C(C)(C)C)C1C(C)(C)C. The summed E-state index contributed by atoms with van der Waals surface area (Å²) >= 11 is 5.54. The summed E-state index contributed by atoms with van der Waals surface area (Å²) in [6.45, 7) is 24.9. The molecule has 2 heterocycles. The van der Waals surface area contributed by atoms with Gasteiger partial charge in [0, 0.05) is 11.9 Å². The molecular weight excluding hydrogens is 466 g/mol. The molecule has 8 heteroatoms. The Morgan fingerprint density at radius 2 is 1.26 bits per heavy atom. The molecule has 2 radical (unpaired) electrons. The van der Waals surface area contributed by atoms with Crippen LogP contribution in [-0.2, 0) is 30.3 Å². The van der Waals surface area contributed by atoms with Crippen LogP contribution in [0.4, 0.5) is 0 Å². The summed E-state index contributed by atoms with van der Waals surface area (Å²) < 4.78 is 24.8. The molecule has 3 unspecified atom stereocenters. The second-order valence-electron chi connectivity index (χ2n) is 14.8. The van der Waals surface area contributed by atoms with Gasteiger partial charge in [0.2, 0.25) is 0 Å². The van der Waals surface area contributed by atoms with Crippen LogP contribution in [0.25, 0.3) is 0 Å². The lowest BCUT2D eigenvalue weighted by Crippen LogP contribution is -2.43. The Balaban J connectivity index is 2.24. The van der Waals surface area contributed by atoms with E-state index in [9.17, 15) is 4.89 Å². The molecule has 34 heavy (non-hydrogen) atoms. The first kappa shape index (κ1) is 30.7. The predicted molar refractivity (Wildman–Crippen MR) is 144 cm³/mol. The van der Waals surface area contributed by atoms with Gasteiger partial charge in [-0.1, -0.05) is 83.1 Å². The third-order valence-electron chi connectivity index (χ3n) is 7.50. The van der Waals surface area contributed by atoms with Crippen LogP contribution in [0.5, 0.6) is 0 Å². The summed E-state index contributed by atoms with van der Waals surface area (Å²) in [4.78, 5) is 11.2. The normalized spacial score (nSPS) is 37.7. The maximum Gasteiger partial charge on any atom is 0.324 e. The zero-order valence-corrected chi connectivity index (χ0v) is 25.5. The van der Waals surface area contributed by atoms with Gasteiger partial charge in [-0.2, -0.15) is 0 Å². The minimum atomic E-state index is -3.58. The van der Waals surface area contributed by atoms with E-state index < -0.39 is 18.8 Å². The van der Waals surface area contributed by atoms with Crippen LogP contribution in [-0.4, -0.2) is 49.8 Å². The Bertz CT molecular complexity index is 748. The molecule has 0 aromatic rings. The zero-order chi connectivity index (χ0) is 26.7. The van der Waals surface area contributed by atoms with E-state index in [4.69, 9.17) is 38.2 Å². The minimum absolute atomic E-state index is 0.0102. The molecule has 0 saturated carbocycles. The Hall–Kier alpha value is 0.515. The Kier molecular flexibility index (Phi) is 9.04. The highest BCUT2D eigenvalue weighted by Crippen LogP contribution is 2.56. The van der Waals surface area contributed by atoms with E-state index in [2.05, 4.69) is 90.0 Å². The molecule has 0 aromatic heterocycles. The van der Waals surface area contributed by atoms with Gasteiger partial charge in [0.1, 0.15) is 7.85 Å². The van der Waals surface area contributed by atoms with Crippen molar-refractivity contribution < 1.29 is 23.4 Å². The maximum atomic E-state index is 11.2. The first-order chi connectivity index (χ1) is 15.0. The van der Waals surface area contributed by atoms with E-state index >= 15 is 0 Å². The molecule has 0 aliphatic carbocycles. The summed E-state index contributed by atoms with van der Waals surface area (Å²) in [6, 6.07) is -0.499. The molecule has 2 aliphatic heterocycles. The third kappa shape index (κ3) is 7.08. The summed E-state index contributed by atoms with van der Waals surface area (Å²) in [6.07, 6.45) is -0.849. The van der Waals surface area contributed by atoms with Crippen molar-refractivity contribution in [1.82, 2.24) is 0 Å². The number of hydrogen-bond donors (Lipinski definition) is 1. The highest BCUT2D eigenvalue weighted by Gasteiger charge is 2.55. The molecule has 9 atom stereocenters. The average Bonchev–Trinajstić information content (AvgIpc) is 3.08. The lowest BCUT2D eigenvalue weighted by atomic mass is 9.62. The molecule has 5 nitrogen and oxygen atoms in total. The van der Waals surface area contributed by atoms with Crippen LogP contribution in [0.3, 0.4) is 0 Å². The Morgan fingerprint density at radius 1 is 0.794 bits per heavy atom. The van der Waals surface area contributed by atoms with E-state index in [0.29, 0.717) is 5.92 Å². The monoisotopic (exact) mass is 516 g/mol. The van der Waals surface area contributed by atoms with Gasteiger partial charge >= 0.3 is 6.72 Å². The lowest BCUT2D eigenvalue weighted by Gasteiger charge is -2.41. The van der Waals surface area contributed by atoms with Crippen molar-refractivity contribution in [2.75, 3.05) is 6.61 Å². The molecule has 1 N–H and O–H groups in total. The number of rotatable bonds is 5. The molecule has 0 bridgehead atoms. The van der Waals surface area contributed by atoms with Gasteiger partial charge in [0.15, 0.2) is 0 Å². The van der Waals surface area contributed by atoms with Crippen LogP contribution in [0.2, 0.25) is 0 Å². The molecule has 0 spiro atoms. The third-order valence-corrected chi connectivity index (χ3v) is 9.06. The second kappa shape index (κ2) is 10.0. The molecule has 2 fully saturated rings. The smallest absolute Gasteiger partial charge is 0.324 e. The molecular formula is C26H50BO5PS. The summed E-state index contributed by atoms with van der Waals surface area (Å²) in [7, 11) is 6.41. The number of ether oxygens (including phenoxy) is 2. The van der Waals surface area contributed by atoms with Gasteiger partial charge in [0.25, 0.3) is 0 Å². The van der Waals surface area contributed by atoms with Gasteiger partial charge in [-0.05, 0) is 52.2 Å². The molecule has 2 aliphatic rings. The van der Waals surface area contributed by atoms with E-state index in [1.807, 2.05) is 0 Å². The second-order valence-corrected chi connectivity index (χ2v) is 17.6. The highest BCUT2D eigenvalue weighted by molar-refractivity contribution is 8.07. The summed E-state index contributed by atoms with van der Waals surface area (Å²) in [5.74, 6) is 0.478. The first-order valence-corrected chi connectivity index (χ1v) is 15.3. The zero-order valence-electron chi connectivity index (χ0n) is 23.8. The van der Waals surface area contributed by atoms with Crippen molar-refractivity contribution in [3.63, 3.8) is 0 Å². The fourth-order valence-corrected chi connectivity index (χ4v) is 7.74. The predicted octanol–water partition coefficient (Wildman–Crippen LogP) is 6.32. The first-order valence-electron chi connectivity index (χ1n) is 12.7. The van der Waals surface area contributed by atoms with Gasteiger partial charge in [-0.15, -0.1) is 0 Å². The van der Waals surface area contributed by atoms with Crippen LogP contribution >= 0.6 is 6.72 Å². The fourth-order valence-electron chi connectivity index (χ4n) is 6.31. The molecule has 198 valence electrons. The molecule has 2 saturated heterocycles. The van der Waals surface area contributed by atoms with Gasteiger partial charge in [-0.3, -0.25) is 0 Å². The van der Waals surface area contributed by atoms with Crippen LogP contribution < -0.4 is 0 Å². The van der Waals surface area contributed by atoms with E-state index in [0.717, 1.165) is 0 Å². The fraction of sp³-hybridized carbons (Fsp3) is 1.00. The van der Waals surface area contributed by atoms with Crippen molar-refractivity contribution in [1.29, 1.82) is 0 Å². The van der Waals surface area contributed by atoms with Gasteiger partial charge in [0.05, 0.1) is 31.0 Å². The largest absolute Gasteiger partial charge is 0.381 e. The van der Waals surface area contributed by atoms with Gasteiger partial charge in [-0.25, -0.2) is 0 Å². The van der Waals surface area contributed by atoms with Gasteiger partial charge < -0.3 is 23.4 Å². The maximum absolute atomic E-state index is 11.2. The van der Waals surface area contributed by atoms with Crippen LogP contribution in [0.15, 0.2) is 0 Å². The van der Waals surface area contributed by atoms with Crippen molar-refractivity contribution >= 4 is 26.4 Å². The van der Waals surface area contributed by atoms with Crippen molar-refractivity contribution in [2.45, 2.75) is 120 Å². The Morgan fingerprint density at radius 3 is 1.68 bits per heavy atom. The van der Waals surface area contributed by atoms with Crippen molar-refractivity contribution in [3.05, 3.63) is 0 Å². The van der Waals surface area contributed by atoms with Crippen molar-refractivity contribution in [2.24, 2.45) is 39.4 Å². The lowest BCUT2D eigenvalue weighted by molar-refractivity contribution is -0.0408. The molecule has 0 amide bonds. The van der Waals surface area contributed by atoms with E-state index in [1.54, 1.807) is 0 Å². The Labute approximate surface area is 216 Å². The standard InChI is InChI=1S/C26H50BO5PS/c1-15-17(23(2,3)4)18(24(5,6)7)16(30-15)14-29-33(28,34)32-20-19(25(8,9)10)22(27)31-21(20)26(11,12)13/h15-22H,14H2,1-13H3,(H,28,34)/t15-,16+,17?,18-,19?,20+,21-,22+,33?/m0/s1. The topological polar surface area (TPSA) is 57.2 Å². The summed E-state index contributed by atoms with van der Waals surface area (Å²) in [5.41, 5.74) is -0.338. The highest BCUT2D eigenvalue weighted by atomic mass is 32.5. The van der Waals surface area contributed by atoms with E-state index in [-0.39, 0.29) is 58.4 Å². The van der Waals surface area contributed by atoms with Crippen LogP contribution in [0.1, 0.15) is 90.0 Å². The molecule has 0 aromatic carbocycles. The molecule has 2 rings (SSSR count). The van der Waals surface area contributed by atoms with E-state index in [1.165, 1.54) is 0 Å². The summed E-state index contributed by atoms with van der Waals surface area (Å²) in [5, 5.41) is 0. The van der Waals surface area contributed by atoms with Crippen LogP contribution in [0, 0.1) is 39.4 Å².